The highest BCUT2D eigenvalue weighted by molar-refractivity contribution is 7.09. The number of carbonyl (C=O) groups excluding carboxylic acids is 1. The summed E-state index contributed by atoms with van der Waals surface area (Å²) in [6, 6.07) is 0.752. The van der Waals surface area contributed by atoms with Crippen molar-refractivity contribution in [3.05, 3.63) is 16.1 Å². The molecule has 1 aliphatic rings. The van der Waals surface area contributed by atoms with Gasteiger partial charge in [0.15, 0.2) is 0 Å². The lowest BCUT2D eigenvalue weighted by molar-refractivity contribution is -0.131. The van der Waals surface area contributed by atoms with E-state index in [0.717, 1.165) is 29.8 Å². The summed E-state index contributed by atoms with van der Waals surface area (Å²) >= 11 is 1.57. The molecule has 1 heterocycles. The molecule has 0 saturated heterocycles. The molecule has 2 rings (SSSR count). The van der Waals surface area contributed by atoms with Crippen LogP contribution in [-0.4, -0.2) is 53.9 Å². The Morgan fingerprint density at radius 3 is 2.68 bits per heavy atom. The van der Waals surface area contributed by atoms with E-state index in [1.807, 2.05) is 31.2 Å². The number of nitrogens with zero attached hydrogens (tertiary/aromatic N) is 3. The van der Waals surface area contributed by atoms with E-state index in [9.17, 15) is 4.79 Å². The van der Waals surface area contributed by atoms with Crippen LogP contribution < -0.4 is 0 Å². The second-order valence-electron chi connectivity index (χ2n) is 5.52. The number of thiazole rings is 1. The van der Waals surface area contributed by atoms with Crippen LogP contribution in [0.25, 0.3) is 0 Å². The Kier molecular flexibility index (Phi) is 4.58. The summed E-state index contributed by atoms with van der Waals surface area (Å²) in [5, 5.41) is 2.92. The van der Waals surface area contributed by atoms with Gasteiger partial charge in [-0.3, -0.25) is 4.79 Å². The highest BCUT2D eigenvalue weighted by Gasteiger charge is 2.27. The van der Waals surface area contributed by atoms with Crippen molar-refractivity contribution in [2.24, 2.45) is 0 Å². The van der Waals surface area contributed by atoms with Gasteiger partial charge in [-0.05, 0) is 33.7 Å². The Labute approximate surface area is 119 Å². The second-order valence-corrected chi connectivity index (χ2v) is 6.41. The third-order valence-corrected chi connectivity index (χ3v) is 4.86. The predicted molar refractivity (Wildman–Crippen MR) is 78.6 cm³/mol. The molecule has 0 N–H and O–H groups in total. The molecule has 1 unspecified atom stereocenters. The third kappa shape index (κ3) is 3.76. The number of hydrogen-bond acceptors (Lipinski definition) is 4. The lowest BCUT2D eigenvalue weighted by Crippen LogP contribution is -2.37. The molecule has 106 valence electrons. The first-order chi connectivity index (χ1) is 8.99. The average molecular weight is 281 g/mol. The molecule has 1 aromatic heterocycles. The van der Waals surface area contributed by atoms with Gasteiger partial charge in [0.05, 0.1) is 5.92 Å². The van der Waals surface area contributed by atoms with Crippen molar-refractivity contribution in [2.45, 2.75) is 38.6 Å². The molecule has 1 fully saturated rings. The van der Waals surface area contributed by atoms with Gasteiger partial charge in [0, 0.05) is 37.3 Å². The number of likely N-dealkylation sites (N-methyl/N-ethyl adjacent to an activating group) is 2. The van der Waals surface area contributed by atoms with Crippen LogP contribution in [0.4, 0.5) is 0 Å². The van der Waals surface area contributed by atoms with Gasteiger partial charge >= 0.3 is 0 Å². The molecule has 1 aliphatic carbocycles. The first kappa shape index (κ1) is 14.5. The van der Waals surface area contributed by atoms with E-state index in [4.69, 9.17) is 0 Å². The number of aryl methyl sites for hydroxylation is 1. The van der Waals surface area contributed by atoms with Gasteiger partial charge in [0.2, 0.25) is 5.91 Å². The monoisotopic (exact) mass is 281 g/mol. The molecule has 0 radical (unpaired) electrons. The molecule has 1 saturated carbocycles. The van der Waals surface area contributed by atoms with Gasteiger partial charge in [-0.1, -0.05) is 0 Å². The standard InChI is InChI=1S/C14H23N3OS/c1-10-9-19-13(15-10)11(2)14(18)17(4)8-7-16(3)12-5-6-12/h9,11-12H,5-8H2,1-4H3. The molecule has 0 spiro atoms. The second kappa shape index (κ2) is 6.01. The number of rotatable bonds is 6. The SMILES string of the molecule is Cc1csc(C(C)C(=O)N(C)CCN(C)C2CC2)n1. The van der Waals surface area contributed by atoms with Crippen molar-refractivity contribution in [2.75, 3.05) is 27.2 Å². The molecular formula is C14H23N3OS. The maximum Gasteiger partial charge on any atom is 0.232 e. The van der Waals surface area contributed by atoms with Crippen LogP contribution in [0.3, 0.4) is 0 Å². The molecule has 19 heavy (non-hydrogen) atoms. The van der Waals surface area contributed by atoms with E-state index in [0.29, 0.717) is 0 Å². The first-order valence-corrected chi connectivity index (χ1v) is 7.74. The minimum atomic E-state index is -0.130. The predicted octanol–water partition coefficient (Wildman–Crippen LogP) is 2.11. The van der Waals surface area contributed by atoms with Crippen LogP contribution in [0.5, 0.6) is 0 Å². The maximum absolute atomic E-state index is 12.3. The number of aromatic nitrogens is 1. The molecule has 0 aromatic carbocycles. The summed E-state index contributed by atoms with van der Waals surface area (Å²) in [5.74, 6) is 0.0356. The van der Waals surface area contributed by atoms with Crippen molar-refractivity contribution >= 4 is 17.2 Å². The fourth-order valence-electron chi connectivity index (χ4n) is 2.12. The lowest BCUT2D eigenvalue weighted by Gasteiger charge is -2.23. The molecule has 0 aliphatic heterocycles. The van der Waals surface area contributed by atoms with Crippen molar-refractivity contribution in [1.82, 2.24) is 14.8 Å². The minimum absolute atomic E-state index is 0.130. The summed E-state index contributed by atoms with van der Waals surface area (Å²) in [6.07, 6.45) is 2.62. The quantitative estimate of drug-likeness (QED) is 0.801. The molecule has 4 nitrogen and oxygen atoms in total. The van der Waals surface area contributed by atoms with Crippen LogP contribution in [-0.2, 0) is 4.79 Å². The normalized spacial score (nSPS) is 16.7. The van der Waals surface area contributed by atoms with E-state index in [1.165, 1.54) is 12.8 Å². The highest BCUT2D eigenvalue weighted by atomic mass is 32.1. The zero-order valence-corrected chi connectivity index (χ0v) is 13.0. The Morgan fingerprint density at radius 1 is 1.47 bits per heavy atom. The molecule has 0 bridgehead atoms. The van der Waals surface area contributed by atoms with Gasteiger partial charge in [0.1, 0.15) is 5.01 Å². The molecule has 1 atom stereocenters. The fraction of sp³-hybridized carbons (Fsp3) is 0.714. The van der Waals surface area contributed by atoms with Gasteiger partial charge in [-0.15, -0.1) is 11.3 Å². The Balaban J connectivity index is 1.83. The molecular weight excluding hydrogens is 258 g/mol. The van der Waals surface area contributed by atoms with E-state index in [1.54, 1.807) is 11.3 Å². The van der Waals surface area contributed by atoms with Crippen LogP contribution >= 0.6 is 11.3 Å². The van der Waals surface area contributed by atoms with Gasteiger partial charge < -0.3 is 9.80 Å². The average Bonchev–Trinajstić information content (AvgIpc) is 3.16. The topological polar surface area (TPSA) is 36.4 Å². The summed E-state index contributed by atoms with van der Waals surface area (Å²) in [5.41, 5.74) is 0.996. The zero-order valence-electron chi connectivity index (χ0n) is 12.2. The highest BCUT2D eigenvalue weighted by Crippen LogP contribution is 2.25. The molecule has 5 heteroatoms. The molecule has 1 aromatic rings. The third-order valence-electron chi connectivity index (χ3n) is 3.71. The Bertz CT molecular complexity index is 442. The van der Waals surface area contributed by atoms with E-state index < -0.39 is 0 Å². The minimum Gasteiger partial charge on any atom is -0.344 e. The van der Waals surface area contributed by atoms with Gasteiger partial charge in [-0.2, -0.15) is 0 Å². The van der Waals surface area contributed by atoms with E-state index in [-0.39, 0.29) is 11.8 Å². The van der Waals surface area contributed by atoms with Gasteiger partial charge in [0.25, 0.3) is 0 Å². The first-order valence-electron chi connectivity index (χ1n) is 6.86. The zero-order chi connectivity index (χ0) is 14.0. The summed E-state index contributed by atoms with van der Waals surface area (Å²) < 4.78 is 0. The van der Waals surface area contributed by atoms with E-state index >= 15 is 0 Å². The number of carbonyl (C=O) groups is 1. The van der Waals surface area contributed by atoms with Crippen molar-refractivity contribution in [3.8, 4) is 0 Å². The smallest absolute Gasteiger partial charge is 0.232 e. The molecule has 1 amide bonds. The van der Waals surface area contributed by atoms with Crippen LogP contribution in [0.1, 0.15) is 36.4 Å². The van der Waals surface area contributed by atoms with E-state index in [2.05, 4.69) is 16.9 Å². The van der Waals surface area contributed by atoms with Crippen molar-refractivity contribution < 1.29 is 4.79 Å². The summed E-state index contributed by atoms with van der Waals surface area (Å²) in [7, 11) is 4.03. The van der Waals surface area contributed by atoms with Crippen LogP contribution in [0.2, 0.25) is 0 Å². The lowest BCUT2D eigenvalue weighted by atomic mass is 10.1. The maximum atomic E-state index is 12.3. The Morgan fingerprint density at radius 2 is 2.16 bits per heavy atom. The van der Waals surface area contributed by atoms with Crippen LogP contribution in [0, 0.1) is 6.92 Å². The van der Waals surface area contributed by atoms with Gasteiger partial charge in [-0.25, -0.2) is 4.98 Å². The summed E-state index contributed by atoms with van der Waals surface area (Å²) in [4.78, 5) is 20.9. The fourth-order valence-corrected chi connectivity index (χ4v) is 2.97. The van der Waals surface area contributed by atoms with Crippen molar-refractivity contribution in [1.29, 1.82) is 0 Å². The Hall–Kier alpha value is -0.940. The van der Waals surface area contributed by atoms with Crippen molar-refractivity contribution in [3.63, 3.8) is 0 Å². The van der Waals surface area contributed by atoms with Crippen LogP contribution in [0.15, 0.2) is 5.38 Å². The summed E-state index contributed by atoms with van der Waals surface area (Å²) in [6.45, 7) is 5.66. The largest absolute Gasteiger partial charge is 0.344 e. The number of hydrogen-bond donors (Lipinski definition) is 0. The number of amides is 1.